The molecule has 5 nitrogen and oxygen atoms in total. The molecule has 0 atom stereocenters. The highest BCUT2D eigenvalue weighted by molar-refractivity contribution is 5.75. The zero-order chi connectivity index (χ0) is 14.6. The second-order valence-electron chi connectivity index (χ2n) is 5.41. The van der Waals surface area contributed by atoms with Crippen LogP contribution in [0.2, 0.25) is 0 Å². The Balaban J connectivity index is 1.87. The van der Waals surface area contributed by atoms with Gasteiger partial charge in [-0.15, -0.1) is 0 Å². The third kappa shape index (κ3) is 8.51. The van der Waals surface area contributed by atoms with Gasteiger partial charge in [-0.3, -0.25) is 4.79 Å². The van der Waals surface area contributed by atoms with Crippen LogP contribution >= 0.6 is 0 Å². The molecular weight excluding hydrogens is 256 g/mol. The van der Waals surface area contributed by atoms with Gasteiger partial charge < -0.3 is 20.5 Å². The predicted octanol–water partition coefficient (Wildman–Crippen LogP) is 1.60. The largest absolute Gasteiger partial charge is 0.382 e. The second-order valence-corrected chi connectivity index (χ2v) is 5.41. The number of hydrogen-bond acceptors (Lipinski definition) is 4. The number of carbonyl (C=O) groups is 1. The van der Waals surface area contributed by atoms with Crippen molar-refractivity contribution in [3.05, 3.63) is 0 Å². The van der Waals surface area contributed by atoms with Crippen molar-refractivity contribution in [1.29, 1.82) is 0 Å². The summed E-state index contributed by atoms with van der Waals surface area (Å²) in [7, 11) is 0. The fourth-order valence-electron chi connectivity index (χ4n) is 2.37. The maximum absolute atomic E-state index is 11.5. The molecule has 1 fully saturated rings. The van der Waals surface area contributed by atoms with Crippen LogP contribution in [0, 0.1) is 0 Å². The summed E-state index contributed by atoms with van der Waals surface area (Å²) >= 11 is 0. The van der Waals surface area contributed by atoms with E-state index in [9.17, 15) is 4.79 Å². The smallest absolute Gasteiger partial charge is 0.220 e. The molecule has 0 spiro atoms. The summed E-state index contributed by atoms with van der Waals surface area (Å²) in [6.07, 6.45) is 6.87. The van der Waals surface area contributed by atoms with Gasteiger partial charge in [-0.05, 0) is 45.4 Å². The Hall–Kier alpha value is -0.650. The van der Waals surface area contributed by atoms with Crippen molar-refractivity contribution in [1.82, 2.24) is 5.32 Å². The summed E-state index contributed by atoms with van der Waals surface area (Å²) in [6, 6.07) is 0.367. The molecule has 0 heterocycles. The molecule has 20 heavy (non-hydrogen) atoms. The van der Waals surface area contributed by atoms with Crippen molar-refractivity contribution in [2.45, 2.75) is 64.0 Å². The SMILES string of the molecule is CCOCCCC(=O)NCCCOC1CCC(N)CC1. The summed E-state index contributed by atoms with van der Waals surface area (Å²) in [4.78, 5) is 11.5. The molecule has 0 aromatic carbocycles. The normalized spacial score (nSPS) is 22.7. The molecule has 118 valence electrons. The summed E-state index contributed by atoms with van der Waals surface area (Å²) in [6.45, 7) is 4.75. The van der Waals surface area contributed by atoms with Crippen molar-refractivity contribution in [2.24, 2.45) is 5.73 Å². The standard InChI is InChI=1S/C15H30N2O3/c1-2-19-11-3-5-15(18)17-10-4-12-20-14-8-6-13(16)7-9-14/h13-14H,2-12,16H2,1H3,(H,17,18). The molecule has 0 aliphatic heterocycles. The molecule has 3 N–H and O–H groups in total. The average Bonchev–Trinajstić information content (AvgIpc) is 2.45. The number of nitrogens with one attached hydrogen (secondary N) is 1. The van der Waals surface area contributed by atoms with E-state index in [4.69, 9.17) is 15.2 Å². The molecule has 0 unspecified atom stereocenters. The van der Waals surface area contributed by atoms with Gasteiger partial charge in [0.15, 0.2) is 0 Å². The lowest BCUT2D eigenvalue weighted by Gasteiger charge is -2.26. The average molecular weight is 286 g/mol. The summed E-state index contributed by atoms with van der Waals surface area (Å²) in [5.41, 5.74) is 5.85. The molecule has 1 amide bonds. The monoisotopic (exact) mass is 286 g/mol. The lowest BCUT2D eigenvalue weighted by Crippen LogP contribution is -2.31. The van der Waals surface area contributed by atoms with Gasteiger partial charge in [0.25, 0.3) is 0 Å². The first-order valence-corrected chi connectivity index (χ1v) is 7.94. The lowest BCUT2D eigenvalue weighted by atomic mass is 9.94. The lowest BCUT2D eigenvalue weighted by molar-refractivity contribution is -0.121. The first-order chi connectivity index (χ1) is 9.72. The minimum atomic E-state index is 0.105. The number of hydrogen-bond donors (Lipinski definition) is 2. The summed E-state index contributed by atoms with van der Waals surface area (Å²) in [5, 5.41) is 2.91. The van der Waals surface area contributed by atoms with Gasteiger partial charge in [0.2, 0.25) is 5.91 Å². The summed E-state index contributed by atoms with van der Waals surface area (Å²) in [5.74, 6) is 0.105. The molecule has 0 aromatic heterocycles. The van der Waals surface area contributed by atoms with Crippen LogP contribution < -0.4 is 11.1 Å². The third-order valence-electron chi connectivity index (χ3n) is 3.61. The van der Waals surface area contributed by atoms with Crippen molar-refractivity contribution in [2.75, 3.05) is 26.4 Å². The Bertz CT molecular complexity index is 254. The van der Waals surface area contributed by atoms with Gasteiger partial charge in [0, 0.05) is 38.8 Å². The minimum Gasteiger partial charge on any atom is -0.382 e. The highest BCUT2D eigenvalue weighted by Crippen LogP contribution is 2.19. The van der Waals surface area contributed by atoms with Crippen LogP contribution in [0.15, 0.2) is 0 Å². The van der Waals surface area contributed by atoms with Crippen molar-refractivity contribution in [3.63, 3.8) is 0 Å². The van der Waals surface area contributed by atoms with Crippen LogP contribution in [-0.4, -0.2) is 44.4 Å². The molecule has 1 rings (SSSR count). The quantitative estimate of drug-likeness (QED) is 0.598. The van der Waals surface area contributed by atoms with Crippen molar-refractivity contribution < 1.29 is 14.3 Å². The molecule has 1 aliphatic rings. The van der Waals surface area contributed by atoms with Gasteiger partial charge >= 0.3 is 0 Å². The Morgan fingerprint density at radius 1 is 1.20 bits per heavy atom. The van der Waals surface area contributed by atoms with E-state index >= 15 is 0 Å². The minimum absolute atomic E-state index is 0.105. The van der Waals surface area contributed by atoms with Crippen molar-refractivity contribution in [3.8, 4) is 0 Å². The van der Waals surface area contributed by atoms with Gasteiger partial charge in [-0.1, -0.05) is 0 Å². The number of rotatable bonds is 10. The third-order valence-corrected chi connectivity index (χ3v) is 3.61. The zero-order valence-electron chi connectivity index (χ0n) is 12.7. The molecule has 1 aliphatic carbocycles. The molecule has 0 aromatic rings. The van der Waals surface area contributed by atoms with E-state index in [-0.39, 0.29) is 5.91 Å². The van der Waals surface area contributed by atoms with E-state index in [1.165, 1.54) is 0 Å². The highest BCUT2D eigenvalue weighted by atomic mass is 16.5. The Morgan fingerprint density at radius 3 is 2.65 bits per heavy atom. The summed E-state index contributed by atoms with van der Waals surface area (Å²) < 4.78 is 11.0. The van der Waals surface area contributed by atoms with Crippen LogP contribution in [0.25, 0.3) is 0 Å². The first-order valence-electron chi connectivity index (χ1n) is 7.94. The van der Waals surface area contributed by atoms with E-state index in [1.54, 1.807) is 0 Å². The van der Waals surface area contributed by atoms with Crippen LogP contribution in [0.3, 0.4) is 0 Å². The molecule has 0 saturated heterocycles. The van der Waals surface area contributed by atoms with E-state index in [1.807, 2.05) is 6.92 Å². The topological polar surface area (TPSA) is 73.6 Å². The van der Waals surface area contributed by atoms with Crippen molar-refractivity contribution >= 4 is 5.91 Å². The maximum Gasteiger partial charge on any atom is 0.220 e. The fourth-order valence-corrected chi connectivity index (χ4v) is 2.37. The van der Waals surface area contributed by atoms with E-state index in [2.05, 4.69) is 5.32 Å². The molecular formula is C15H30N2O3. The van der Waals surface area contributed by atoms with Crippen LogP contribution in [-0.2, 0) is 14.3 Å². The Morgan fingerprint density at radius 2 is 1.95 bits per heavy atom. The van der Waals surface area contributed by atoms with Gasteiger partial charge in [0.1, 0.15) is 0 Å². The first kappa shape index (κ1) is 17.4. The van der Waals surface area contributed by atoms with Crippen LogP contribution in [0.1, 0.15) is 51.9 Å². The molecule has 0 bridgehead atoms. The number of nitrogens with two attached hydrogens (primary N) is 1. The molecule has 0 radical (unpaired) electrons. The van der Waals surface area contributed by atoms with E-state index < -0.39 is 0 Å². The highest BCUT2D eigenvalue weighted by Gasteiger charge is 2.18. The number of ether oxygens (including phenoxy) is 2. The Kier molecular flexibility index (Phi) is 9.62. The van der Waals surface area contributed by atoms with Gasteiger partial charge in [-0.2, -0.15) is 0 Å². The number of amides is 1. The van der Waals surface area contributed by atoms with Gasteiger partial charge in [-0.25, -0.2) is 0 Å². The van der Waals surface area contributed by atoms with Crippen LogP contribution in [0.5, 0.6) is 0 Å². The molecule has 5 heteroatoms. The number of carbonyl (C=O) groups excluding carboxylic acids is 1. The second kappa shape index (κ2) is 11.1. The molecule has 1 saturated carbocycles. The van der Waals surface area contributed by atoms with E-state index in [0.717, 1.165) is 45.1 Å². The van der Waals surface area contributed by atoms with Gasteiger partial charge in [0.05, 0.1) is 6.10 Å². The van der Waals surface area contributed by atoms with Crippen LogP contribution in [0.4, 0.5) is 0 Å². The zero-order valence-corrected chi connectivity index (χ0v) is 12.7. The van der Waals surface area contributed by atoms with E-state index in [0.29, 0.717) is 38.3 Å². The maximum atomic E-state index is 11.5. The predicted molar refractivity (Wildman–Crippen MR) is 79.5 cm³/mol. The Labute approximate surface area is 122 Å². The fraction of sp³-hybridized carbons (Fsp3) is 0.933.